The molecular formula is C19H16ClNO3. The molecule has 122 valence electrons. The van der Waals surface area contributed by atoms with Gasteiger partial charge in [0.25, 0.3) is 0 Å². The minimum absolute atomic E-state index is 0.295. The SMILES string of the molecule is CCOc1ccc(/C=C2/N=C(Cc3ccc(Cl)cc3)OC2=O)cc1. The summed E-state index contributed by atoms with van der Waals surface area (Å²) in [5.74, 6) is 0.743. The van der Waals surface area contributed by atoms with Gasteiger partial charge in [0, 0.05) is 11.4 Å². The average molecular weight is 342 g/mol. The van der Waals surface area contributed by atoms with Crippen LogP contribution in [0.25, 0.3) is 6.08 Å². The number of hydrogen-bond donors (Lipinski definition) is 0. The molecule has 0 saturated heterocycles. The van der Waals surface area contributed by atoms with E-state index in [0.717, 1.165) is 16.9 Å². The van der Waals surface area contributed by atoms with Gasteiger partial charge in [-0.15, -0.1) is 0 Å². The first kappa shape index (κ1) is 16.3. The summed E-state index contributed by atoms with van der Waals surface area (Å²) in [6.07, 6.45) is 2.15. The van der Waals surface area contributed by atoms with E-state index >= 15 is 0 Å². The van der Waals surface area contributed by atoms with Crippen molar-refractivity contribution in [3.63, 3.8) is 0 Å². The monoisotopic (exact) mass is 341 g/mol. The number of rotatable bonds is 5. The quantitative estimate of drug-likeness (QED) is 0.602. The molecule has 0 saturated carbocycles. The fraction of sp³-hybridized carbons (Fsp3) is 0.158. The van der Waals surface area contributed by atoms with Crippen molar-refractivity contribution in [2.75, 3.05) is 6.61 Å². The van der Waals surface area contributed by atoms with Crippen LogP contribution in [0.5, 0.6) is 5.75 Å². The number of carbonyl (C=O) groups excluding carboxylic acids is 1. The van der Waals surface area contributed by atoms with Crippen molar-refractivity contribution in [1.29, 1.82) is 0 Å². The molecule has 0 atom stereocenters. The maximum atomic E-state index is 12.0. The van der Waals surface area contributed by atoms with Gasteiger partial charge in [-0.1, -0.05) is 35.9 Å². The van der Waals surface area contributed by atoms with Crippen LogP contribution in [0.1, 0.15) is 18.1 Å². The largest absolute Gasteiger partial charge is 0.494 e. The van der Waals surface area contributed by atoms with E-state index in [2.05, 4.69) is 4.99 Å². The van der Waals surface area contributed by atoms with E-state index in [-0.39, 0.29) is 0 Å². The topological polar surface area (TPSA) is 47.9 Å². The van der Waals surface area contributed by atoms with Crippen molar-refractivity contribution >= 4 is 29.5 Å². The summed E-state index contributed by atoms with van der Waals surface area (Å²) in [6.45, 7) is 2.55. The smallest absolute Gasteiger partial charge is 0.363 e. The molecule has 2 aromatic carbocycles. The number of aliphatic imine (C=N–C) groups is 1. The summed E-state index contributed by atoms with van der Waals surface area (Å²) >= 11 is 5.86. The molecule has 3 rings (SSSR count). The van der Waals surface area contributed by atoms with E-state index in [1.165, 1.54) is 0 Å². The van der Waals surface area contributed by atoms with Crippen LogP contribution in [-0.2, 0) is 16.0 Å². The lowest BCUT2D eigenvalue weighted by atomic mass is 10.1. The Morgan fingerprint density at radius 1 is 1.12 bits per heavy atom. The molecule has 0 unspecified atom stereocenters. The minimum Gasteiger partial charge on any atom is -0.494 e. The Balaban J connectivity index is 1.74. The van der Waals surface area contributed by atoms with Crippen LogP contribution in [-0.4, -0.2) is 18.5 Å². The Kier molecular flexibility index (Phi) is 4.96. The Morgan fingerprint density at radius 3 is 2.50 bits per heavy atom. The third-order valence-corrected chi connectivity index (χ3v) is 3.68. The third-order valence-electron chi connectivity index (χ3n) is 3.43. The Morgan fingerprint density at radius 2 is 1.83 bits per heavy atom. The van der Waals surface area contributed by atoms with Crippen molar-refractivity contribution in [1.82, 2.24) is 0 Å². The normalized spacial score (nSPS) is 15.3. The van der Waals surface area contributed by atoms with Crippen LogP contribution in [0.3, 0.4) is 0 Å². The van der Waals surface area contributed by atoms with E-state index in [1.54, 1.807) is 18.2 Å². The van der Waals surface area contributed by atoms with Crippen molar-refractivity contribution < 1.29 is 14.3 Å². The minimum atomic E-state index is -0.437. The highest BCUT2D eigenvalue weighted by Gasteiger charge is 2.22. The molecule has 0 bridgehead atoms. The van der Waals surface area contributed by atoms with Gasteiger partial charge in [-0.25, -0.2) is 9.79 Å². The molecule has 0 aliphatic carbocycles. The second-order valence-electron chi connectivity index (χ2n) is 5.23. The Bertz CT molecular complexity index is 792. The number of benzene rings is 2. The molecule has 5 heteroatoms. The average Bonchev–Trinajstić information content (AvgIpc) is 2.91. The zero-order valence-corrected chi connectivity index (χ0v) is 13.9. The summed E-state index contributed by atoms with van der Waals surface area (Å²) < 4.78 is 10.6. The van der Waals surface area contributed by atoms with Crippen LogP contribution in [0.4, 0.5) is 0 Å². The molecule has 0 fully saturated rings. The number of nitrogens with zero attached hydrogens (tertiary/aromatic N) is 1. The first-order valence-corrected chi connectivity index (χ1v) is 8.00. The second-order valence-corrected chi connectivity index (χ2v) is 5.67. The van der Waals surface area contributed by atoms with E-state index < -0.39 is 5.97 Å². The van der Waals surface area contributed by atoms with Crippen molar-refractivity contribution in [3.8, 4) is 5.75 Å². The molecule has 0 amide bonds. The van der Waals surface area contributed by atoms with Gasteiger partial charge in [-0.05, 0) is 48.4 Å². The van der Waals surface area contributed by atoms with Crippen LogP contribution in [0.2, 0.25) is 5.02 Å². The van der Waals surface area contributed by atoms with Gasteiger partial charge >= 0.3 is 5.97 Å². The molecule has 4 nitrogen and oxygen atoms in total. The summed E-state index contributed by atoms with van der Waals surface area (Å²) in [5, 5.41) is 0.667. The summed E-state index contributed by atoms with van der Waals surface area (Å²) in [6, 6.07) is 14.8. The molecule has 0 N–H and O–H groups in total. The van der Waals surface area contributed by atoms with Gasteiger partial charge in [0.15, 0.2) is 5.70 Å². The first-order valence-electron chi connectivity index (χ1n) is 7.63. The van der Waals surface area contributed by atoms with Gasteiger partial charge < -0.3 is 9.47 Å². The third kappa shape index (κ3) is 4.03. The Labute approximate surface area is 145 Å². The highest BCUT2D eigenvalue weighted by Crippen LogP contribution is 2.20. The molecule has 0 aromatic heterocycles. The molecule has 24 heavy (non-hydrogen) atoms. The van der Waals surface area contributed by atoms with Crippen molar-refractivity contribution in [2.45, 2.75) is 13.3 Å². The molecule has 1 aliphatic heterocycles. The van der Waals surface area contributed by atoms with E-state index in [0.29, 0.717) is 29.6 Å². The standard InChI is InChI=1S/C19H16ClNO3/c1-2-23-16-9-5-13(6-10-16)11-17-19(22)24-18(21-17)12-14-3-7-15(20)8-4-14/h3-11H,2,12H2,1H3/b17-11+. The zero-order chi connectivity index (χ0) is 16.9. The predicted molar refractivity (Wildman–Crippen MR) is 94.3 cm³/mol. The van der Waals surface area contributed by atoms with Gasteiger partial charge in [-0.3, -0.25) is 0 Å². The lowest BCUT2D eigenvalue weighted by molar-refractivity contribution is -0.130. The van der Waals surface area contributed by atoms with E-state index in [1.807, 2.05) is 43.3 Å². The van der Waals surface area contributed by atoms with E-state index in [4.69, 9.17) is 21.1 Å². The molecule has 1 aliphatic rings. The lowest BCUT2D eigenvalue weighted by Gasteiger charge is -2.02. The van der Waals surface area contributed by atoms with E-state index in [9.17, 15) is 4.79 Å². The van der Waals surface area contributed by atoms with Crippen molar-refractivity contribution in [2.24, 2.45) is 4.99 Å². The van der Waals surface area contributed by atoms with Gasteiger partial charge in [0.2, 0.25) is 5.90 Å². The molecule has 2 aromatic rings. The number of ether oxygens (including phenoxy) is 2. The molecule has 0 radical (unpaired) electrons. The summed E-state index contributed by atoms with van der Waals surface area (Å²) in [7, 11) is 0. The number of cyclic esters (lactones) is 1. The fourth-order valence-electron chi connectivity index (χ4n) is 2.29. The van der Waals surface area contributed by atoms with Gasteiger partial charge in [-0.2, -0.15) is 0 Å². The predicted octanol–water partition coefficient (Wildman–Crippen LogP) is 4.28. The fourth-order valence-corrected chi connectivity index (χ4v) is 2.42. The highest BCUT2D eigenvalue weighted by atomic mass is 35.5. The summed E-state index contributed by atoms with van der Waals surface area (Å²) in [4.78, 5) is 16.2. The van der Waals surface area contributed by atoms with Crippen LogP contribution in [0.15, 0.2) is 59.2 Å². The Hall–Kier alpha value is -2.59. The maximum Gasteiger partial charge on any atom is 0.363 e. The molecule has 1 heterocycles. The number of carbonyl (C=O) groups is 1. The number of esters is 1. The zero-order valence-electron chi connectivity index (χ0n) is 13.2. The van der Waals surface area contributed by atoms with Gasteiger partial charge in [0.05, 0.1) is 6.61 Å². The molecule has 0 spiro atoms. The second kappa shape index (κ2) is 7.32. The highest BCUT2D eigenvalue weighted by molar-refractivity contribution is 6.30. The first-order chi connectivity index (χ1) is 11.6. The van der Waals surface area contributed by atoms with Crippen LogP contribution < -0.4 is 4.74 Å². The van der Waals surface area contributed by atoms with Gasteiger partial charge in [0.1, 0.15) is 5.75 Å². The van der Waals surface area contributed by atoms with Crippen molar-refractivity contribution in [3.05, 3.63) is 70.4 Å². The summed E-state index contributed by atoms with van der Waals surface area (Å²) in [5.41, 5.74) is 2.14. The molecular weight excluding hydrogens is 326 g/mol. The lowest BCUT2D eigenvalue weighted by Crippen LogP contribution is -2.06. The maximum absolute atomic E-state index is 12.0. The number of hydrogen-bond acceptors (Lipinski definition) is 4. The van der Waals surface area contributed by atoms with Crippen LogP contribution >= 0.6 is 11.6 Å². The number of halogens is 1. The van der Waals surface area contributed by atoms with Crippen LogP contribution in [0, 0.1) is 0 Å².